The fraction of sp³-hybridized carbons (Fsp3) is 0.500. The average molecular weight is 220 g/mol. The number of aliphatic carboxylic acids is 1. The highest BCUT2D eigenvalue weighted by atomic mass is 16.4. The van der Waals surface area contributed by atoms with Crippen LogP contribution in [0.5, 0.6) is 0 Å². The van der Waals surface area contributed by atoms with Gasteiger partial charge in [-0.05, 0) is 37.8 Å². The predicted octanol–water partition coefficient (Wildman–Crippen LogP) is 2.06. The smallest absolute Gasteiger partial charge is 0.306 e. The second kappa shape index (κ2) is 4.51. The number of hydrogen-bond acceptors (Lipinski definition) is 3. The summed E-state index contributed by atoms with van der Waals surface area (Å²) >= 11 is 0. The van der Waals surface area contributed by atoms with Gasteiger partial charge in [0, 0.05) is 12.2 Å². The van der Waals surface area contributed by atoms with Crippen molar-refractivity contribution in [1.82, 2.24) is 4.98 Å². The molecule has 1 aliphatic carbocycles. The third kappa shape index (κ3) is 2.51. The van der Waals surface area contributed by atoms with E-state index in [0.717, 1.165) is 24.2 Å². The third-order valence-electron chi connectivity index (χ3n) is 3.05. The summed E-state index contributed by atoms with van der Waals surface area (Å²) in [5, 5.41) is 12.2. The van der Waals surface area contributed by atoms with Crippen LogP contribution < -0.4 is 5.32 Å². The molecule has 0 aliphatic heterocycles. The van der Waals surface area contributed by atoms with E-state index in [1.54, 1.807) is 0 Å². The van der Waals surface area contributed by atoms with Crippen molar-refractivity contribution in [2.45, 2.75) is 32.2 Å². The summed E-state index contributed by atoms with van der Waals surface area (Å²) < 4.78 is 0. The van der Waals surface area contributed by atoms with E-state index in [-0.39, 0.29) is 12.0 Å². The van der Waals surface area contributed by atoms with Crippen molar-refractivity contribution < 1.29 is 9.90 Å². The second-order valence-electron chi connectivity index (χ2n) is 4.41. The van der Waals surface area contributed by atoms with Crippen LogP contribution in [-0.4, -0.2) is 22.1 Å². The summed E-state index contributed by atoms with van der Waals surface area (Å²) in [4.78, 5) is 15.1. The Kier molecular flexibility index (Phi) is 3.08. The molecule has 4 nitrogen and oxygen atoms in total. The lowest BCUT2D eigenvalue weighted by molar-refractivity contribution is -0.141. The number of nitrogens with zero attached hydrogens (tertiary/aromatic N) is 1. The van der Waals surface area contributed by atoms with E-state index in [1.807, 2.05) is 25.3 Å². The molecule has 4 heteroatoms. The van der Waals surface area contributed by atoms with E-state index in [1.165, 1.54) is 0 Å². The molecule has 1 heterocycles. The Hall–Kier alpha value is -1.58. The first-order chi connectivity index (χ1) is 7.65. The van der Waals surface area contributed by atoms with Crippen LogP contribution >= 0.6 is 0 Å². The summed E-state index contributed by atoms with van der Waals surface area (Å²) in [6.07, 6.45) is 4.18. The lowest BCUT2D eigenvalue weighted by Gasteiger charge is -2.12. The highest BCUT2D eigenvalue weighted by Crippen LogP contribution is 2.27. The predicted molar refractivity (Wildman–Crippen MR) is 61.4 cm³/mol. The maximum atomic E-state index is 10.8. The zero-order valence-electron chi connectivity index (χ0n) is 9.31. The summed E-state index contributed by atoms with van der Waals surface area (Å²) in [6, 6.07) is 4.18. The molecule has 1 fully saturated rings. The van der Waals surface area contributed by atoms with Gasteiger partial charge in [0.15, 0.2) is 0 Å². The SMILES string of the molecule is Cc1ccc(NC2CCC(C(=O)O)C2)nc1. The van der Waals surface area contributed by atoms with Crippen LogP contribution in [0.3, 0.4) is 0 Å². The number of aryl methyl sites for hydroxylation is 1. The summed E-state index contributed by atoms with van der Waals surface area (Å²) in [5.74, 6) is -0.0363. The molecule has 2 unspecified atom stereocenters. The number of hydrogen-bond donors (Lipinski definition) is 2. The van der Waals surface area contributed by atoms with Gasteiger partial charge in [-0.3, -0.25) is 4.79 Å². The minimum Gasteiger partial charge on any atom is -0.481 e. The van der Waals surface area contributed by atoms with Gasteiger partial charge in [-0.2, -0.15) is 0 Å². The molecule has 0 bridgehead atoms. The molecule has 0 spiro atoms. The lowest BCUT2D eigenvalue weighted by Crippen LogP contribution is -2.18. The zero-order valence-corrected chi connectivity index (χ0v) is 9.31. The van der Waals surface area contributed by atoms with Gasteiger partial charge in [0.05, 0.1) is 5.92 Å². The Morgan fingerprint density at radius 1 is 1.50 bits per heavy atom. The van der Waals surface area contributed by atoms with Gasteiger partial charge < -0.3 is 10.4 Å². The molecule has 16 heavy (non-hydrogen) atoms. The van der Waals surface area contributed by atoms with Crippen LogP contribution in [0.25, 0.3) is 0 Å². The van der Waals surface area contributed by atoms with E-state index < -0.39 is 5.97 Å². The quantitative estimate of drug-likeness (QED) is 0.818. The number of aromatic nitrogens is 1. The average Bonchev–Trinajstić information content (AvgIpc) is 2.70. The van der Waals surface area contributed by atoms with Gasteiger partial charge in [-0.25, -0.2) is 4.98 Å². The standard InChI is InChI=1S/C12H16N2O2/c1-8-2-5-11(13-7-8)14-10-4-3-9(6-10)12(15)16/h2,5,7,9-10H,3-4,6H2,1H3,(H,13,14)(H,15,16). The van der Waals surface area contributed by atoms with Crippen molar-refractivity contribution in [1.29, 1.82) is 0 Å². The maximum absolute atomic E-state index is 10.8. The topological polar surface area (TPSA) is 62.2 Å². The van der Waals surface area contributed by atoms with E-state index in [2.05, 4.69) is 10.3 Å². The number of rotatable bonds is 3. The van der Waals surface area contributed by atoms with Crippen LogP contribution in [0, 0.1) is 12.8 Å². The maximum Gasteiger partial charge on any atom is 0.306 e. The Balaban J connectivity index is 1.92. The summed E-state index contributed by atoms with van der Waals surface area (Å²) in [6.45, 7) is 1.99. The fourth-order valence-electron chi connectivity index (χ4n) is 2.10. The Morgan fingerprint density at radius 3 is 2.88 bits per heavy atom. The van der Waals surface area contributed by atoms with E-state index in [0.29, 0.717) is 6.42 Å². The second-order valence-corrected chi connectivity index (χ2v) is 4.41. The molecular weight excluding hydrogens is 204 g/mol. The molecule has 2 atom stereocenters. The monoisotopic (exact) mass is 220 g/mol. The first-order valence-electron chi connectivity index (χ1n) is 5.57. The summed E-state index contributed by atoms with van der Waals surface area (Å²) in [7, 11) is 0. The van der Waals surface area contributed by atoms with Gasteiger partial charge >= 0.3 is 5.97 Å². The van der Waals surface area contributed by atoms with Crippen LogP contribution in [0.2, 0.25) is 0 Å². The summed E-state index contributed by atoms with van der Waals surface area (Å²) in [5.41, 5.74) is 1.13. The van der Waals surface area contributed by atoms with Crippen molar-refractivity contribution in [2.75, 3.05) is 5.32 Å². The lowest BCUT2D eigenvalue weighted by atomic mass is 10.1. The minimum absolute atomic E-state index is 0.192. The molecule has 1 aliphatic rings. The zero-order chi connectivity index (χ0) is 11.5. The number of carbonyl (C=O) groups is 1. The van der Waals surface area contributed by atoms with Crippen molar-refractivity contribution >= 4 is 11.8 Å². The number of carboxylic acids is 1. The molecule has 0 radical (unpaired) electrons. The van der Waals surface area contributed by atoms with Gasteiger partial charge in [-0.15, -0.1) is 0 Å². The molecule has 1 aromatic heterocycles. The molecule has 0 amide bonds. The number of nitrogens with one attached hydrogen (secondary N) is 1. The normalized spacial score (nSPS) is 24.3. The van der Waals surface area contributed by atoms with Crippen LogP contribution in [0.4, 0.5) is 5.82 Å². The molecule has 86 valence electrons. The van der Waals surface area contributed by atoms with Crippen LogP contribution in [0.1, 0.15) is 24.8 Å². The third-order valence-corrected chi connectivity index (χ3v) is 3.05. The van der Waals surface area contributed by atoms with E-state index >= 15 is 0 Å². The Morgan fingerprint density at radius 2 is 2.31 bits per heavy atom. The number of anilines is 1. The molecule has 0 aromatic carbocycles. The first kappa shape index (κ1) is 10.9. The fourth-order valence-corrected chi connectivity index (χ4v) is 2.10. The highest BCUT2D eigenvalue weighted by molar-refractivity contribution is 5.70. The molecule has 1 aromatic rings. The van der Waals surface area contributed by atoms with Crippen LogP contribution in [0.15, 0.2) is 18.3 Å². The number of carboxylic acid groups (broad SMARTS) is 1. The minimum atomic E-state index is -0.679. The van der Waals surface area contributed by atoms with Crippen molar-refractivity contribution in [2.24, 2.45) is 5.92 Å². The highest BCUT2D eigenvalue weighted by Gasteiger charge is 2.29. The van der Waals surface area contributed by atoms with Gasteiger partial charge in [0.1, 0.15) is 5.82 Å². The Labute approximate surface area is 94.7 Å². The van der Waals surface area contributed by atoms with Crippen molar-refractivity contribution in [3.05, 3.63) is 23.9 Å². The molecular formula is C12H16N2O2. The van der Waals surface area contributed by atoms with E-state index in [9.17, 15) is 4.79 Å². The van der Waals surface area contributed by atoms with Crippen LogP contribution in [-0.2, 0) is 4.79 Å². The van der Waals surface area contributed by atoms with Gasteiger partial charge in [0.2, 0.25) is 0 Å². The van der Waals surface area contributed by atoms with Gasteiger partial charge in [-0.1, -0.05) is 6.07 Å². The molecule has 1 saturated carbocycles. The van der Waals surface area contributed by atoms with Crippen molar-refractivity contribution in [3.8, 4) is 0 Å². The van der Waals surface area contributed by atoms with E-state index in [4.69, 9.17) is 5.11 Å². The number of pyridine rings is 1. The van der Waals surface area contributed by atoms with Gasteiger partial charge in [0.25, 0.3) is 0 Å². The molecule has 2 rings (SSSR count). The molecule has 2 N–H and O–H groups in total. The Bertz CT molecular complexity index is 375. The largest absolute Gasteiger partial charge is 0.481 e. The molecule has 0 saturated heterocycles. The van der Waals surface area contributed by atoms with Crippen molar-refractivity contribution in [3.63, 3.8) is 0 Å². The first-order valence-corrected chi connectivity index (χ1v) is 5.57.